The number of rotatable bonds is 6. The van der Waals surface area contributed by atoms with Crippen molar-refractivity contribution < 1.29 is 27.3 Å². The normalized spacial score (nSPS) is 17.2. The van der Waals surface area contributed by atoms with E-state index in [1.807, 2.05) is 0 Å². The van der Waals surface area contributed by atoms with Crippen molar-refractivity contribution in [3.05, 3.63) is 35.1 Å². The second-order valence-corrected chi connectivity index (χ2v) is 12.1. The molecular weight excluding hydrogens is 441 g/mol. The summed E-state index contributed by atoms with van der Waals surface area (Å²) in [6.07, 6.45) is -0.844. The first kappa shape index (κ1) is 26.5. The van der Waals surface area contributed by atoms with Gasteiger partial charge in [0.1, 0.15) is 27.5 Å². The van der Waals surface area contributed by atoms with E-state index in [9.17, 15) is 22.5 Å². The third-order valence-electron chi connectivity index (χ3n) is 5.00. The van der Waals surface area contributed by atoms with E-state index in [1.54, 1.807) is 41.5 Å². The molecule has 1 heterocycles. The maximum Gasteiger partial charge on any atom is 0.410 e. The lowest BCUT2D eigenvalue weighted by molar-refractivity contribution is -0.0359. The Bertz CT molecular complexity index is 857. The molecule has 0 N–H and O–H groups in total. The fourth-order valence-corrected chi connectivity index (χ4v) is 3.77. The van der Waals surface area contributed by atoms with Crippen molar-refractivity contribution in [2.75, 3.05) is 13.1 Å². The van der Waals surface area contributed by atoms with E-state index in [1.165, 1.54) is 24.0 Å². The van der Waals surface area contributed by atoms with Crippen molar-refractivity contribution in [1.82, 2.24) is 4.90 Å². The van der Waals surface area contributed by atoms with Gasteiger partial charge in [0, 0.05) is 25.1 Å². The van der Waals surface area contributed by atoms with Gasteiger partial charge in [-0.1, -0.05) is 22.6 Å². The molecule has 32 heavy (non-hydrogen) atoms. The number of halogens is 3. The van der Waals surface area contributed by atoms with E-state index in [0.717, 1.165) is 6.07 Å². The molecule has 1 saturated heterocycles. The molecule has 0 radical (unpaired) electrons. The van der Waals surface area contributed by atoms with Gasteiger partial charge in [0.05, 0.1) is 11.3 Å². The fraction of sp³-hybridized carbons (Fsp3) is 0.652. The zero-order valence-corrected chi connectivity index (χ0v) is 20.6. The maximum atomic E-state index is 15.0. The number of ether oxygens (including phenoxy) is 1. The van der Waals surface area contributed by atoms with Crippen LogP contribution in [0.15, 0.2) is 22.6 Å². The highest BCUT2D eigenvalue weighted by molar-refractivity contribution is 7.91. The number of carbonyl (C=O) groups is 1. The third kappa shape index (κ3) is 6.88. The summed E-state index contributed by atoms with van der Waals surface area (Å²) in [5.41, 5.74) is -1.28. The number of likely N-dealkylation sites (tertiary alicyclic amines) is 1. The molecule has 1 fully saturated rings. The van der Waals surface area contributed by atoms with Crippen molar-refractivity contribution in [2.45, 2.75) is 77.6 Å². The van der Waals surface area contributed by atoms with Crippen LogP contribution >= 0.6 is 0 Å². The molecule has 0 aliphatic carbocycles. The molecule has 1 atom stereocenters. The Balaban J connectivity index is 2.04. The average Bonchev–Trinajstić information content (AvgIpc) is 2.57. The monoisotopic (exact) mass is 474 g/mol. The lowest BCUT2D eigenvalue weighted by atomic mass is 9.90. The van der Waals surface area contributed by atoms with Gasteiger partial charge in [-0.2, -0.15) is 0 Å². The summed E-state index contributed by atoms with van der Waals surface area (Å²) in [6.45, 7) is 12.6. The molecule has 1 amide bonds. The fourth-order valence-electron chi connectivity index (χ4n) is 3.15. The topological polar surface area (TPSA) is 65.0 Å². The van der Waals surface area contributed by atoms with Crippen LogP contribution in [0, 0.1) is 11.7 Å². The summed E-state index contributed by atoms with van der Waals surface area (Å²) in [5, 5.41) is 0. The van der Waals surface area contributed by atoms with E-state index in [-0.39, 0.29) is 23.6 Å². The highest BCUT2D eigenvalue weighted by Gasteiger charge is 2.39. The van der Waals surface area contributed by atoms with Gasteiger partial charge < -0.3 is 14.2 Å². The number of hydrogen-bond acceptors (Lipinski definition) is 4. The van der Waals surface area contributed by atoms with Crippen LogP contribution in [0.25, 0.3) is 0 Å². The summed E-state index contributed by atoms with van der Waals surface area (Å²) in [7, 11) is 0. The molecular formula is C23H33F3N2O3S. The minimum absolute atomic E-state index is 0.0838. The Morgan fingerprint density at radius 2 is 1.81 bits per heavy atom. The molecule has 1 aromatic carbocycles. The van der Waals surface area contributed by atoms with Gasteiger partial charge in [-0.3, -0.25) is 0 Å². The molecule has 5 nitrogen and oxygen atoms in total. The van der Waals surface area contributed by atoms with Gasteiger partial charge in [0.25, 0.3) is 5.92 Å². The van der Waals surface area contributed by atoms with Crippen LogP contribution in [0.4, 0.5) is 18.0 Å². The van der Waals surface area contributed by atoms with Crippen LogP contribution < -0.4 is 0 Å². The minimum Gasteiger partial charge on any atom is -0.591 e. The van der Waals surface area contributed by atoms with Gasteiger partial charge in [-0.05, 0) is 60.8 Å². The first-order valence-electron chi connectivity index (χ1n) is 10.6. The zero-order valence-electron chi connectivity index (χ0n) is 19.8. The van der Waals surface area contributed by atoms with Crippen LogP contribution in [-0.4, -0.2) is 44.7 Å². The largest absolute Gasteiger partial charge is 0.591 e. The van der Waals surface area contributed by atoms with Crippen LogP contribution in [0.5, 0.6) is 0 Å². The number of benzene rings is 1. The number of amides is 1. The molecule has 0 aromatic heterocycles. The van der Waals surface area contributed by atoms with E-state index in [4.69, 9.17) is 4.74 Å². The molecule has 0 spiro atoms. The molecule has 1 unspecified atom stereocenters. The Kier molecular flexibility index (Phi) is 7.98. The summed E-state index contributed by atoms with van der Waals surface area (Å²) in [4.78, 5) is 13.4. The number of alkyl halides is 2. The average molecular weight is 475 g/mol. The highest BCUT2D eigenvalue weighted by Crippen LogP contribution is 2.38. The Morgan fingerprint density at radius 1 is 1.22 bits per heavy atom. The van der Waals surface area contributed by atoms with Gasteiger partial charge in [-0.25, -0.2) is 18.0 Å². The zero-order chi connectivity index (χ0) is 24.5. The lowest BCUT2D eigenvalue weighted by Gasteiger charge is -2.40. The molecule has 2 rings (SSSR count). The van der Waals surface area contributed by atoms with Crippen LogP contribution in [-0.2, 0) is 22.0 Å². The smallest absolute Gasteiger partial charge is 0.410 e. The molecule has 1 aromatic rings. The van der Waals surface area contributed by atoms with Gasteiger partial charge in [0.15, 0.2) is 0 Å². The number of nitrogens with zero attached hydrogens (tertiary/aromatic N) is 2. The van der Waals surface area contributed by atoms with Crippen molar-refractivity contribution in [2.24, 2.45) is 10.3 Å². The summed E-state index contributed by atoms with van der Waals surface area (Å²) in [6, 6.07) is 3.78. The van der Waals surface area contributed by atoms with Crippen LogP contribution in [0.1, 0.15) is 72.4 Å². The predicted octanol–water partition coefficient (Wildman–Crippen LogP) is 5.84. The Labute approximate surface area is 191 Å². The van der Waals surface area contributed by atoms with Crippen molar-refractivity contribution in [3.63, 3.8) is 0 Å². The van der Waals surface area contributed by atoms with Gasteiger partial charge in [0.2, 0.25) is 0 Å². The summed E-state index contributed by atoms with van der Waals surface area (Å²) >= 11 is -1.63. The second-order valence-electron chi connectivity index (χ2n) is 10.2. The van der Waals surface area contributed by atoms with Crippen molar-refractivity contribution in [3.8, 4) is 0 Å². The quantitative estimate of drug-likeness (QED) is 0.385. The van der Waals surface area contributed by atoms with E-state index in [2.05, 4.69) is 4.40 Å². The Hall–Kier alpha value is -1.74. The number of carbonyl (C=O) groups excluding carboxylic acids is 1. The lowest BCUT2D eigenvalue weighted by Crippen LogP contribution is -2.51. The van der Waals surface area contributed by atoms with Gasteiger partial charge >= 0.3 is 6.09 Å². The van der Waals surface area contributed by atoms with E-state index < -0.39 is 51.5 Å². The molecule has 9 heteroatoms. The summed E-state index contributed by atoms with van der Waals surface area (Å²) in [5.74, 6) is -4.51. The highest BCUT2D eigenvalue weighted by atomic mass is 32.2. The molecule has 1 aliphatic heterocycles. The third-order valence-corrected chi connectivity index (χ3v) is 6.49. The first-order valence-corrected chi connectivity index (χ1v) is 11.7. The van der Waals surface area contributed by atoms with Crippen molar-refractivity contribution >= 4 is 23.2 Å². The Morgan fingerprint density at radius 3 is 2.34 bits per heavy atom. The van der Waals surface area contributed by atoms with Crippen molar-refractivity contribution in [1.29, 1.82) is 0 Å². The standard InChI is InChI=1S/C23H33F3N2O3S/c1-15(27-32(30)22(5,6)7)17-9-8-10-18(19(17)24)23(25,26)12-11-16-13-28(14-16)20(29)31-21(2,3)4/h8-10,16H,11-14H2,1-7H3. The van der Waals surface area contributed by atoms with E-state index >= 15 is 0 Å². The summed E-state index contributed by atoms with van der Waals surface area (Å²) < 4.78 is 65.6. The maximum absolute atomic E-state index is 15.0. The second kappa shape index (κ2) is 9.63. The minimum atomic E-state index is -3.38. The molecule has 1 aliphatic rings. The van der Waals surface area contributed by atoms with Crippen LogP contribution in [0.3, 0.4) is 0 Å². The van der Waals surface area contributed by atoms with Gasteiger partial charge in [-0.15, -0.1) is 0 Å². The number of hydrogen-bond donors (Lipinski definition) is 0. The molecule has 0 saturated carbocycles. The van der Waals surface area contributed by atoms with Crippen LogP contribution in [0.2, 0.25) is 0 Å². The predicted molar refractivity (Wildman–Crippen MR) is 121 cm³/mol. The van der Waals surface area contributed by atoms with E-state index in [0.29, 0.717) is 13.1 Å². The molecule has 180 valence electrons. The SMILES string of the molecule is CC(=N[S+]([O-])C(C)(C)C)c1cccc(C(F)(F)CCC2CN(C(=O)OC(C)(C)C)C2)c1F. The first-order chi connectivity index (χ1) is 14.5. The molecule has 0 bridgehead atoms.